The molecule has 0 spiro atoms. The molecule has 0 aliphatic carbocycles. The number of methoxy groups -OCH3 is 2. The smallest absolute Gasteiger partial charge is 0.337 e. The van der Waals surface area contributed by atoms with E-state index in [4.69, 9.17) is 5.73 Å². The minimum atomic E-state index is -0.566. The molecule has 104 valence electrons. The number of carbonyl (C=O) groups excluding carboxylic acids is 2. The maximum Gasteiger partial charge on any atom is 0.337 e. The van der Waals surface area contributed by atoms with E-state index in [1.807, 2.05) is 0 Å². The molecule has 0 radical (unpaired) electrons. The summed E-state index contributed by atoms with van der Waals surface area (Å²) >= 11 is 0. The first-order valence-corrected chi connectivity index (χ1v) is 5.73. The number of nitrogens with two attached hydrogens (primary N) is 1. The highest BCUT2D eigenvalue weighted by molar-refractivity contribution is 5.89. The number of phenolic OH excluding ortho intramolecular Hbond substituents is 1. The van der Waals surface area contributed by atoms with E-state index in [0.717, 1.165) is 0 Å². The van der Waals surface area contributed by atoms with Gasteiger partial charge in [0.2, 0.25) is 0 Å². The van der Waals surface area contributed by atoms with Crippen LogP contribution in [0.1, 0.15) is 34.8 Å². The Bertz CT molecular complexity index is 472. The minimum Gasteiger partial charge on any atom is -0.508 e. The molecule has 0 aromatic heterocycles. The van der Waals surface area contributed by atoms with Gasteiger partial charge in [-0.25, -0.2) is 4.79 Å². The van der Waals surface area contributed by atoms with Crippen molar-refractivity contribution in [3.63, 3.8) is 0 Å². The van der Waals surface area contributed by atoms with E-state index < -0.39 is 12.0 Å². The van der Waals surface area contributed by atoms with E-state index in [9.17, 15) is 14.7 Å². The van der Waals surface area contributed by atoms with E-state index in [0.29, 0.717) is 17.5 Å². The average Bonchev–Trinajstić information content (AvgIpc) is 2.43. The number of esters is 2. The van der Waals surface area contributed by atoms with Gasteiger partial charge in [0.15, 0.2) is 0 Å². The van der Waals surface area contributed by atoms with Crippen molar-refractivity contribution in [3.05, 3.63) is 29.3 Å². The third-order valence-electron chi connectivity index (χ3n) is 2.74. The third-order valence-corrected chi connectivity index (χ3v) is 2.74. The van der Waals surface area contributed by atoms with Crippen LogP contribution in [0, 0.1) is 0 Å². The Morgan fingerprint density at radius 1 is 1.32 bits per heavy atom. The molecule has 1 unspecified atom stereocenters. The number of ether oxygens (including phenoxy) is 2. The monoisotopic (exact) mass is 267 g/mol. The minimum absolute atomic E-state index is 0.0231. The second kappa shape index (κ2) is 6.75. The topological polar surface area (TPSA) is 98.9 Å². The summed E-state index contributed by atoms with van der Waals surface area (Å²) in [7, 11) is 2.56. The van der Waals surface area contributed by atoms with Crippen molar-refractivity contribution >= 4 is 11.9 Å². The summed E-state index contributed by atoms with van der Waals surface area (Å²) in [4.78, 5) is 22.4. The molecule has 0 aliphatic rings. The van der Waals surface area contributed by atoms with Crippen molar-refractivity contribution in [1.82, 2.24) is 0 Å². The van der Waals surface area contributed by atoms with Crippen molar-refractivity contribution in [3.8, 4) is 5.75 Å². The zero-order valence-electron chi connectivity index (χ0n) is 10.9. The van der Waals surface area contributed by atoms with Crippen molar-refractivity contribution in [2.45, 2.75) is 18.9 Å². The third kappa shape index (κ3) is 3.96. The van der Waals surface area contributed by atoms with Gasteiger partial charge in [-0.2, -0.15) is 0 Å². The van der Waals surface area contributed by atoms with Crippen LogP contribution in [0.3, 0.4) is 0 Å². The normalized spacial score (nSPS) is 11.7. The maximum absolute atomic E-state index is 11.4. The second-order valence-corrected chi connectivity index (χ2v) is 3.99. The van der Waals surface area contributed by atoms with Gasteiger partial charge in [0.1, 0.15) is 5.75 Å². The van der Waals surface area contributed by atoms with Crippen LogP contribution < -0.4 is 5.73 Å². The summed E-state index contributed by atoms with van der Waals surface area (Å²) in [6, 6.07) is 3.71. The van der Waals surface area contributed by atoms with Gasteiger partial charge in [0.05, 0.1) is 19.8 Å². The molecule has 0 fully saturated rings. The van der Waals surface area contributed by atoms with Gasteiger partial charge in [-0.05, 0) is 24.6 Å². The number of rotatable bonds is 5. The predicted molar refractivity (Wildman–Crippen MR) is 67.6 cm³/mol. The molecule has 1 aromatic rings. The lowest BCUT2D eigenvalue weighted by Gasteiger charge is -2.14. The zero-order valence-corrected chi connectivity index (χ0v) is 10.9. The molecule has 0 saturated heterocycles. The molecule has 6 nitrogen and oxygen atoms in total. The lowest BCUT2D eigenvalue weighted by molar-refractivity contribution is -0.140. The first-order chi connectivity index (χ1) is 8.99. The molecule has 19 heavy (non-hydrogen) atoms. The Morgan fingerprint density at radius 2 is 2.00 bits per heavy atom. The van der Waals surface area contributed by atoms with Crippen molar-refractivity contribution < 1.29 is 24.2 Å². The fourth-order valence-electron chi connectivity index (χ4n) is 1.63. The van der Waals surface area contributed by atoms with E-state index >= 15 is 0 Å². The molecule has 3 N–H and O–H groups in total. The quantitative estimate of drug-likeness (QED) is 0.776. The Labute approximate surface area is 111 Å². The molecule has 0 saturated carbocycles. The highest BCUT2D eigenvalue weighted by atomic mass is 16.5. The fraction of sp³-hybridized carbons (Fsp3) is 0.385. The number of benzene rings is 1. The number of aromatic hydroxyl groups is 1. The summed E-state index contributed by atoms with van der Waals surface area (Å²) in [5.74, 6) is -0.912. The maximum atomic E-state index is 11.4. The van der Waals surface area contributed by atoms with Crippen LogP contribution in [0.15, 0.2) is 18.2 Å². The molecule has 0 aliphatic heterocycles. The Kier molecular flexibility index (Phi) is 5.32. The summed E-state index contributed by atoms with van der Waals surface area (Å²) in [6.07, 6.45) is 0.449. The van der Waals surface area contributed by atoms with Crippen LogP contribution in [-0.4, -0.2) is 31.3 Å². The van der Waals surface area contributed by atoms with Crippen LogP contribution in [-0.2, 0) is 14.3 Å². The average molecular weight is 267 g/mol. The molecular weight excluding hydrogens is 250 g/mol. The SMILES string of the molecule is COC(=O)CCC(N)c1cc(C(=O)OC)ccc1O. The molecule has 6 heteroatoms. The summed E-state index contributed by atoms with van der Waals surface area (Å²) < 4.78 is 9.11. The molecule has 1 atom stereocenters. The van der Waals surface area contributed by atoms with Crippen LogP contribution in [0.4, 0.5) is 0 Å². The first-order valence-electron chi connectivity index (χ1n) is 5.73. The number of hydrogen-bond donors (Lipinski definition) is 2. The molecule has 1 rings (SSSR count). The lowest BCUT2D eigenvalue weighted by atomic mass is 9.99. The highest BCUT2D eigenvalue weighted by Gasteiger charge is 2.16. The van der Waals surface area contributed by atoms with E-state index in [1.165, 1.54) is 32.4 Å². The van der Waals surface area contributed by atoms with Crippen molar-refractivity contribution in [2.75, 3.05) is 14.2 Å². The molecule has 0 heterocycles. The Balaban J connectivity index is 2.86. The predicted octanol–water partition coefficient (Wildman–Crippen LogP) is 1.13. The van der Waals surface area contributed by atoms with Gasteiger partial charge in [0.25, 0.3) is 0 Å². The van der Waals surface area contributed by atoms with Gasteiger partial charge in [-0.15, -0.1) is 0 Å². The van der Waals surface area contributed by atoms with Crippen LogP contribution in [0.2, 0.25) is 0 Å². The van der Waals surface area contributed by atoms with Gasteiger partial charge in [0, 0.05) is 18.0 Å². The van der Waals surface area contributed by atoms with Gasteiger partial charge < -0.3 is 20.3 Å². The first kappa shape index (κ1) is 15.0. The van der Waals surface area contributed by atoms with E-state index in [-0.39, 0.29) is 18.1 Å². The molecule has 0 amide bonds. The van der Waals surface area contributed by atoms with Crippen molar-refractivity contribution in [2.24, 2.45) is 5.73 Å². The van der Waals surface area contributed by atoms with Gasteiger partial charge in [-0.3, -0.25) is 4.79 Å². The standard InChI is InChI=1S/C13H17NO5/c1-18-12(16)6-4-10(14)9-7-8(13(17)19-2)3-5-11(9)15/h3,5,7,10,15H,4,6,14H2,1-2H3. The zero-order chi connectivity index (χ0) is 14.4. The summed E-state index contributed by atoms with van der Waals surface area (Å²) in [5, 5.41) is 9.73. The van der Waals surface area contributed by atoms with Gasteiger partial charge in [-0.1, -0.05) is 0 Å². The van der Waals surface area contributed by atoms with Crippen LogP contribution in [0.5, 0.6) is 5.75 Å². The summed E-state index contributed by atoms with van der Waals surface area (Å²) in [6.45, 7) is 0. The molecule has 0 bridgehead atoms. The Hall–Kier alpha value is -2.08. The Morgan fingerprint density at radius 3 is 2.58 bits per heavy atom. The van der Waals surface area contributed by atoms with E-state index in [1.54, 1.807) is 0 Å². The van der Waals surface area contributed by atoms with Crippen LogP contribution in [0.25, 0.3) is 0 Å². The lowest BCUT2D eigenvalue weighted by Crippen LogP contribution is -2.14. The number of carbonyl (C=O) groups is 2. The number of hydrogen-bond acceptors (Lipinski definition) is 6. The van der Waals surface area contributed by atoms with E-state index in [2.05, 4.69) is 9.47 Å². The second-order valence-electron chi connectivity index (χ2n) is 3.99. The molecule has 1 aromatic carbocycles. The fourth-order valence-corrected chi connectivity index (χ4v) is 1.63. The van der Waals surface area contributed by atoms with Gasteiger partial charge >= 0.3 is 11.9 Å². The summed E-state index contributed by atoms with van der Waals surface area (Å²) in [5.41, 5.74) is 6.58. The van der Waals surface area contributed by atoms with Crippen LogP contribution >= 0.6 is 0 Å². The molecular formula is C13H17NO5. The number of phenols is 1. The highest BCUT2D eigenvalue weighted by Crippen LogP contribution is 2.27. The van der Waals surface area contributed by atoms with Crippen molar-refractivity contribution in [1.29, 1.82) is 0 Å². The largest absolute Gasteiger partial charge is 0.508 e.